The molecule has 4 nitrogen and oxygen atoms in total. The van der Waals surface area contributed by atoms with Crippen molar-refractivity contribution in [2.24, 2.45) is 5.92 Å². The quantitative estimate of drug-likeness (QED) is 0.781. The SMILES string of the molecule is CCOC(=O)C1CNCC1c1cncs1. The average molecular weight is 226 g/mol. The van der Waals surface area contributed by atoms with Gasteiger partial charge in [0.05, 0.1) is 18.0 Å². The minimum absolute atomic E-state index is 0.0506. The minimum Gasteiger partial charge on any atom is -0.466 e. The zero-order chi connectivity index (χ0) is 10.7. The normalized spacial score (nSPS) is 25.4. The molecule has 1 fully saturated rings. The van der Waals surface area contributed by atoms with Crippen molar-refractivity contribution in [3.63, 3.8) is 0 Å². The molecule has 0 aromatic carbocycles. The number of esters is 1. The number of carbonyl (C=O) groups is 1. The third-order valence-electron chi connectivity index (χ3n) is 2.62. The van der Waals surface area contributed by atoms with Crippen LogP contribution in [0.25, 0.3) is 0 Å². The molecule has 1 aliphatic heterocycles. The summed E-state index contributed by atoms with van der Waals surface area (Å²) in [5.74, 6) is 0.0860. The summed E-state index contributed by atoms with van der Waals surface area (Å²) in [5, 5.41) is 3.23. The molecule has 0 saturated carbocycles. The summed E-state index contributed by atoms with van der Waals surface area (Å²) < 4.78 is 5.06. The van der Waals surface area contributed by atoms with Crippen molar-refractivity contribution in [3.8, 4) is 0 Å². The molecule has 5 heteroatoms. The van der Waals surface area contributed by atoms with Crippen LogP contribution in [0.1, 0.15) is 17.7 Å². The van der Waals surface area contributed by atoms with Crippen LogP contribution in [0.3, 0.4) is 0 Å². The Kier molecular flexibility index (Phi) is 3.33. The second kappa shape index (κ2) is 4.72. The molecule has 1 aliphatic rings. The molecule has 1 aromatic heterocycles. The molecular formula is C10H14N2O2S. The molecular weight excluding hydrogens is 212 g/mol. The van der Waals surface area contributed by atoms with Gasteiger partial charge in [0, 0.05) is 30.1 Å². The van der Waals surface area contributed by atoms with Crippen molar-refractivity contribution in [2.75, 3.05) is 19.7 Å². The van der Waals surface area contributed by atoms with Gasteiger partial charge in [0.25, 0.3) is 0 Å². The van der Waals surface area contributed by atoms with Gasteiger partial charge in [-0.05, 0) is 6.92 Å². The van der Waals surface area contributed by atoms with Gasteiger partial charge >= 0.3 is 5.97 Å². The van der Waals surface area contributed by atoms with E-state index in [4.69, 9.17) is 4.74 Å². The minimum atomic E-state index is -0.0964. The summed E-state index contributed by atoms with van der Waals surface area (Å²) in [6.45, 7) is 3.83. The van der Waals surface area contributed by atoms with Crippen molar-refractivity contribution in [1.29, 1.82) is 0 Å². The van der Waals surface area contributed by atoms with E-state index in [1.54, 1.807) is 16.8 Å². The van der Waals surface area contributed by atoms with E-state index in [1.165, 1.54) is 0 Å². The highest BCUT2D eigenvalue weighted by Crippen LogP contribution is 2.31. The molecule has 2 heterocycles. The fourth-order valence-corrected chi connectivity index (χ4v) is 2.67. The van der Waals surface area contributed by atoms with Crippen LogP contribution in [0.4, 0.5) is 0 Å². The number of hydrogen-bond donors (Lipinski definition) is 1. The molecule has 2 rings (SSSR count). The lowest BCUT2D eigenvalue weighted by Crippen LogP contribution is -2.23. The highest BCUT2D eigenvalue weighted by atomic mass is 32.1. The van der Waals surface area contributed by atoms with Gasteiger partial charge in [-0.2, -0.15) is 0 Å². The lowest BCUT2D eigenvalue weighted by molar-refractivity contribution is -0.147. The summed E-state index contributed by atoms with van der Waals surface area (Å²) in [5.41, 5.74) is 1.80. The van der Waals surface area contributed by atoms with Crippen LogP contribution < -0.4 is 5.32 Å². The monoisotopic (exact) mass is 226 g/mol. The van der Waals surface area contributed by atoms with Gasteiger partial charge in [0.1, 0.15) is 0 Å². The number of aromatic nitrogens is 1. The Morgan fingerprint density at radius 3 is 3.27 bits per heavy atom. The fraction of sp³-hybridized carbons (Fsp3) is 0.600. The Morgan fingerprint density at radius 1 is 1.73 bits per heavy atom. The largest absolute Gasteiger partial charge is 0.466 e. The maximum absolute atomic E-state index is 11.7. The predicted molar refractivity (Wildman–Crippen MR) is 57.8 cm³/mol. The molecule has 0 spiro atoms. The smallest absolute Gasteiger partial charge is 0.310 e. The van der Waals surface area contributed by atoms with Gasteiger partial charge in [-0.15, -0.1) is 11.3 Å². The number of hydrogen-bond acceptors (Lipinski definition) is 5. The van der Waals surface area contributed by atoms with E-state index in [1.807, 2.05) is 13.1 Å². The highest BCUT2D eigenvalue weighted by molar-refractivity contribution is 7.09. The average Bonchev–Trinajstić information content (AvgIpc) is 2.88. The van der Waals surface area contributed by atoms with Crippen LogP contribution in [0, 0.1) is 5.92 Å². The number of nitrogens with one attached hydrogen (secondary N) is 1. The Balaban J connectivity index is 2.08. The van der Waals surface area contributed by atoms with Crippen LogP contribution in [-0.4, -0.2) is 30.6 Å². The number of rotatable bonds is 3. The molecule has 0 bridgehead atoms. The molecule has 0 amide bonds. The van der Waals surface area contributed by atoms with E-state index >= 15 is 0 Å². The standard InChI is InChI=1S/C10H14N2O2S/c1-2-14-10(13)8-4-11-3-7(8)9-5-12-6-15-9/h5-8,11H,2-4H2,1H3. The first-order chi connectivity index (χ1) is 7.33. The summed E-state index contributed by atoms with van der Waals surface area (Å²) in [4.78, 5) is 16.9. The van der Waals surface area contributed by atoms with Crippen molar-refractivity contribution in [3.05, 3.63) is 16.6 Å². The van der Waals surface area contributed by atoms with Gasteiger partial charge in [-0.25, -0.2) is 0 Å². The van der Waals surface area contributed by atoms with Crippen molar-refractivity contribution in [1.82, 2.24) is 10.3 Å². The first-order valence-corrected chi connectivity index (χ1v) is 5.96. The van der Waals surface area contributed by atoms with Crippen LogP contribution >= 0.6 is 11.3 Å². The van der Waals surface area contributed by atoms with Crippen LogP contribution in [0.5, 0.6) is 0 Å². The zero-order valence-electron chi connectivity index (χ0n) is 8.60. The van der Waals surface area contributed by atoms with E-state index in [0.717, 1.165) is 11.4 Å². The molecule has 0 radical (unpaired) electrons. The Bertz CT molecular complexity index is 326. The van der Waals surface area contributed by atoms with Crippen LogP contribution in [0.2, 0.25) is 0 Å². The third kappa shape index (κ3) is 2.18. The molecule has 2 atom stereocenters. The lowest BCUT2D eigenvalue weighted by Gasteiger charge is -2.14. The van der Waals surface area contributed by atoms with E-state index in [9.17, 15) is 4.79 Å². The third-order valence-corrected chi connectivity index (χ3v) is 3.53. The summed E-state index contributed by atoms with van der Waals surface area (Å²) >= 11 is 1.60. The summed E-state index contributed by atoms with van der Waals surface area (Å²) in [6, 6.07) is 0. The van der Waals surface area contributed by atoms with E-state index < -0.39 is 0 Å². The summed E-state index contributed by atoms with van der Waals surface area (Å²) in [7, 11) is 0. The zero-order valence-corrected chi connectivity index (χ0v) is 9.42. The maximum atomic E-state index is 11.7. The predicted octanol–water partition coefficient (Wildman–Crippen LogP) is 1.01. The first-order valence-electron chi connectivity index (χ1n) is 5.08. The lowest BCUT2D eigenvalue weighted by atomic mass is 9.95. The number of thiazole rings is 1. The highest BCUT2D eigenvalue weighted by Gasteiger charge is 2.35. The van der Waals surface area contributed by atoms with E-state index in [-0.39, 0.29) is 17.8 Å². The van der Waals surface area contributed by atoms with Gasteiger partial charge in [-0.1, -0.05) is 0 Å². The van der Waals surface area contributed by atoms with Crippen molar-refractivity contribution >= 4 is 17.3 Å². The molecule has 0 aliphatic carbocycles. The maximum Gasteiger partial charge on any atom is 0.310 e. The molecule has 15 heavy (non-hydrogen) atoms. The van der Waals surface area contributed by atoms with Gasteiger partial charge < -0.3 is 10.1 Å². The van der Waals surface area contributed by atoms with Crippen LogP contribution in [0.15, 0.2) is 11.7 Å². The second-order valence-electron chi connectivity index (χ2n) is 3.53. The van der Waals surface area contributed by atoms with E-state index in [2.05, 4.69) is 10.3 Å². The topological polar surface area (TPSA) is 51.2 Å². The Hall–Kier alpha value is -0.940. The van der Waals surface area contributed by atoms with Gasteiger partial charge in [0.2, 0.25) is 0 Å². The molecule has 1 saturated heterocycles. The Labute approximate surface area is 92.7 Å². The van der Waals surface area contributed by atoms with E-state index in [0.29, 0.717) is 13.2 Å². The van der Waals surface area contributed by atoms with Crippen LogP contribution in [-0.2, 0) is 9.53 Å². The fourth-order valence-electron chi connectivity index (χ4n) is 1.88. The number of nitrogens with zero attached hydrogens (tertiary/aromatic N) is 1. The van der Waals surface area contributed by atoms with Gasteiger partial charge in [0.15, 0.2) is 0 Å². The molecule has 1 aromatic rings. The molecule has 2 unspecified atom stereocenters. The van der Waals surface area contributed by atoms with Crippen molar-refractivity contribution < 1.29 is 9.53 Å². The van der Waals surface area contributed by atoms with Gasteiger partial charge in [-0.3, -0.25) is 9.78 Å². The first kappa shape index (κ1) is 10.6. The molecule has 82 valence electrons. The second-order valence-corrected chi connectivity index (χ2v) is 4.45. The number of carbonyl (C=O) groups excluding carboxylic acids is 1. The Morgan fingerprint density at radius 2 is 2.60 bits per heavy atom. The summed E-state index contributed by atoms with van der Waals surface area (Å²) in [6.07, 6.45) is 1.84. The van der Waals surface area contributed by atoms with Crippen molar-refractivity contribution in [2.45, 2.75) is 12.8 Å². The molecule has 1 N–H and O–H groups in total. The number of ether oxygens (including phenoxy) is 1.